The van der Waals surface area contributed by atoms with Gasteiger partial charge in [-0.25, -0.2) is 29.9 Å². The van der Waals surface area contributed by atoms with E-state index in [0.717, 1.165) is 82.3 Å². The third kappa shape index (κ3) is 8.87. The Kier molecular flexibility index (Phi) is 12.3. The maximum Gasteiger partial charge on any atom is 0.164 e. The fraction of sp³-hybridized carbons (Fsp3) is 0. The van der Waals surface area contributed by atoms with Crippen molar-refractivity contribution in [1.82, 2.24) is 29.9 Å². The molecule has 0 aliphatic rings. The van der Waals surface area contributed by atoms with E-state index >= 15 is 0 Å². The summed E-state index contributed by atoms with van der Waals surface area (Å²) in [5, 5.41) is 24.2. The van der Waals surface area contributed by atoms with Gasteiger partial charge >= 0.3 is 0 Å². The van der Waals surface area contributed by atoms with Crippen LogP contribution in [0.2, 0.25) is 0 Å². The maximum absolute atomic E-state index is 6.46. The van der Waals surface area contributed by atoms with E-state index in [1.54, 1.807) is 0 Å². The monoisotopic (exact) mass is 1210 g/mol. The molecule has 0 bridgehead atoms. The average Bonchev–Trinajstić information content (AvgIpc) is 1.45. The number of hydrogen-bond acceptors (Lipinski definition) is 8. The second kappa shape index (κ2) is 21.7. The summed E-state index contributed by atoms with van der Waals surface area (Å²) in [5.41, 5.74) is 7.58. The number of hydrogen-bond donors (Lipinski definition) is 0. The fourth-order valence-corrected chi connectivity index (χ4v) is 15.4. The van der Waals surface area contributed by atoms with E-state index < -0.39 is 0 Å². The molecule has 4 heterocycles. The molecule has 0 aliphatic heterocycles. The highest BCUT2D eigenvalue weighted by atomic mass is 32.1. The first kappa shape index (κ1) is 53.5. The van der Waals surface area contributed by atoms with Crippen LogP contribution in [0.5, 0.6) is 0 Å². The van der Waals surface area contributed by atoms with Gasteiger partial charge in [0.25, 0.3) is 0 Å². The molecule has 0 unspecified atom stereocenters. The summed E-state index contributed by atoms with van der Waals surface area (Å²) in [4.78, 5) is 30.1. The lowest BCUT2D eigenvalue weighted by Crippen LogP contribution is -2.00. The number of para-hydroxylation sites is 1. The highest BCUT2D eigenvalue weighted by Gasteiger charge is 2.21. The second-order valence-corrected chi connectivity index (χ2v) is 25.1. The van der Waals surface area contributed by atoms with Crippen LogP contribution in [0.4, 0.5) is 0 Å². The normalized spacial score (nSPS) is 11.8. The van der Waals surface area contributed by atoms with Crippen molar-refractivity contribution in [3.05, 3.63) is 303 Å². The van der Waals surface area contributed by atoms with E-state index in [1.807, 2.05) is 72.0 Å². The Morgan fingerprint density at radius 3 is 1.11 bits per heavy atom. The van der Waals surface area contributed by atoms with Gasteiger partial charge in [0.2, 0.25) is 0 Å². The first-order valence-electron chi connectivity index (χ1n) is 31.6. The summed E-state index contributed by atoms with van der Waals surface area (Å²) in [6, 6.07) is 106. The minimum Gasteiger partial charge on any atom is -0.455 e. The first-order chi connectivity index (χ1) is 46.6. The van der Waals surface area contributed by atoms with Gasteiger partial charge in [-0.05, 0) is 112 Å². The molecule has 0 atom stereocenters. The lowest BCUT2D eigenvalue weighted by atomic mass is 9.92. The average molecular weight is 1220 g/mol. The van der Waals surface area contributed by atoms with Crippen molar-refractivity contribution in [2.24, 2.45) is 0 Å². The summed E-state index contributed by atoms with van der Waals surface area (Å²) in [6.07, 6.45) is 0. The van der Waals surface area contributed by atoms with Crippen molar-refractivity contribution in [2.75, 3.05) is 0 Å². The SMILES string of the molecule is c1ccc(-c2nc(-c3ccc4ccccc4c3)nc(-c3ccc4c(ccc5c4c4ccccc4c4oc6ccccc6c54)c3)n2)cc1.c1ccc(-c2nc(-c3ccc4ccccc4c3)nc(-c3ccc4c(ccc5c4c4ccccc4c4sc6ccccc6c54)c3)n2)cc1. The van der Waals surface area contributed by atoms with Crippen molar-refractivity contribution < 1.29 is 4.42 Å². The van der Waals surface area contributed by atoms with Crippen LogP contribution in [-0.4, -0.2) is 29.9 Å². The zero-order valence-electron chi connectivity index (χ0n) is 50.4. The largest absolute Gasteiger partial charge is 0.455 e. The molecule has 20 aromatic rings. The van der Waals surface area contributed by atoms with Crippen LogP contribution in [0.25, 0.3) is 197 Å². The predicted molar refractivity (Wildman–Crippen MR) is 392 cm³/mol. The van der Waals surface area contributed by atoms with Gasteiger partial charge in [-0.3, -0.25) is 0 Å². The van der Waals surface area contributed by atoms with Gasteiger partial charge in [-0.2, -0.15) is 0 Å². The number of furan rings is 1. The van der Waals surface area contributed by atoms with Crippen LogP contribution >= 0.6 is 11.3 Å². The van der Waals surface area contributed by atoms with Gasteiger partial charge in [0, 0.05) is 75.1 Å². The summed E-state index contributed by atoms with van der Waals surface area (Å²) in [5.74, 6) is 3.93. The minimum atomic E-state index is 0.644. The second-order valence-electron chi connectivity index (χ2n) is 24.0. The number of fused-ring (bicyclic) bond motifs is 22. The molecule has 0 saturated heterocycles. The summed E-state index contributed by atoms with van der Waals surface area (Å²) >= 11 is 1.89. The molecule has 0 amide bonds. The Morgan fingerprint density at radius 2 is 0.574 bits per heavy atom. The topological polar surface area (TPSA) is 90.5 Å². The Hall–Kier alpha value is -12.4. The van der Waals surface area contributed by atoms with E-state index in [0.29, 0.717) is 34.9 Å². The van der Waals surface area contributed by atoms with Crippen LogP contribution < -0.4 is 0 Å². The van der Waals surface area contributed by atoms with Crippen molar-refractivity contribution in [3.8, 4) is 68.3 Å². The molecule has 0 fully saturated rings. The molecule has 0 radical (unpaired) electrons. The lowest BCUT2D eigenvalue weighted by Gasteiger charge is -2.12. The number of rotatable bonds is 6. The molecule has 0 saturated carbocycles. The smallest absolute Gasteiger partial charge is 0.164 e. The third-order valence-electron chi connectivity index (χ3n) is 18.5. The van der Waals surface area contributed by atoms with Crippen LogP contribution in [0, 0.1) is 0 Å². The van der Waals surface area contributed by atoms with Gasteiger partial charge in [-0.1, -0.05) is 267 Å². The Bertz CT molecular complexity index is 6100. The molecule has 0 spiro atoms. The first-order valence-corrected chi connectivity index (χ1v) is 32.4. The van der Waals surface area contributed by atoms with Crippen LogP contribution in [-0.2, 0) is 0 Å². The zero-order chi connectivity index (χ0) is 61.8. The quantitative estimate of drug-likeness (QED) is 0.153. The molecule has 16 aromatic carbocycles. The molecule has 4 aromatic heterocycles. The molecule has 8 heteroatoms. The van der Waals surface area contributed by atoms with Gasteiger partial charge in [-0.15, -0.1) is 11.3 Å². The number of thiophene rings is 1. The van der Waals surface area contributed by atoms with Crippen molar-refractivity contribution in [2.45, 2.75) is 0 Å². The van der Waals surface area contributed by atoms with E-state index in [9.17, 15) is 0 Å². The highest BCUT2D eigenvalue weighted by Crippen LogP contribution is 2.47. The van der Waals surface area contributed by atoms with Crippen molar-refractivity contribution >= 4 is 140 Å². The summed E-state index contributed by atoms with van der Waals surface area (Å²) < 4.78 is 9.13. The standard InChI is InChI=1S/C43H25N3O.C43H25N3S/c2*1-2-11-27(12-3-1)41-44-42(30-19-18-26-10-4-5-13-28(26)24-30)46-43(45-41)31-21-22-32-29(25-31)20-23-36-38(32)33-14-6-7-15-34(33)40-39(36)35-16-8-9-17-37(35)47-40/h2*1-25H. The van der Waals surface area contributed by atoms with Crippen LogP contribution in [0.15, 0.2) is 308 Å². The van der Waals surface area contributed by atoms with E-state index in [-0.39, 0.29) is 0 Å². The Labute approximate surface area is 542 Å². The molecule has 0 N–H and O–H groups in total. The molecule has 20 rings (SSSR count). The van der Waals surface area contributed by atoms with E-state index in [2.05, 4.69) is 243 Å². The van der Waals surface area contributed by atoms with Crippen LogP contribution in [0.1, 0.15) is 0 Å². The molecular weight excluding hydrogens is 1170 g/mol. The van der Waals surface area contributed by atoms with E-state index in [1.165, 1.54) is 79.4 Å². The molecule has 0 aliphatic carbocycles. The minimum absolute atomic E-state index is 0.644. The molecular formula is C86H50N6OS. The molecule has 436 valence electrons. The summed E-state index contributed by atoms with van der Waals surface area (Å²) in [6.45, 7) is 0. The van der Waals surface area contributed by atoms with Crippen molar-refractivity contribution in [1.29, 1.82) is 0 Å². The van der Waals surface area contributed by atoms with Gasteiger partial charge in [0.05, 0.1) is 0 Å². The summed E-state index contributed by atoms with van der Waals surface area (Å²) in [7, 11) is 0. The number of nitrogens with zero attached hydrogens (tertiary/aromatic N) is 6. The van der Waals surface area contributed by atoms with Gasteiger partial charge in [0.15, 0.2) is 34.9 Å². The Balaban J connectivity index is 0.000000133. The fourth-order valence-electron chi connectivity index (χ4n) is 14.1. The lowest BCUT2D eigenvalue weighted by molar-refractivity contribution is 0.673. The molecule has 94 heavy (non-hydrogen) atoms. The predicted octanol–water partition coefficient (Wildman–Crippen LogP) is 23.2. The maximum atomic E-state index is 6.46. The number of benzene rings is 16. The highest BCUT2D eigenvalue weighted by molar-refractivity contribution is 7.27. The number of aromatic nitrogens is 6. The molecule has 7 nitrogen and oxygen atoms in total. The van der Waals surface area contributed by atoms with Gasteiger partial charge < -0.3 is 4.42 Å². The Morgan fingerprint density at radius 1 is 0.213 bits per heavy atom. The van der Waals surface area contributed by atoms with Crippen LogP contribution in [0.3, 0.4) is 0 Å². The van der Waals surface area contributed by atoms with Crippen molar-refractivity contribution in [3.63, 3.8) is 0 Å². The zero-order valence-corrected chi connectivity index (χ0v) is 51.2. The van der Waals surface area contributed by atoms with E-state index in [4.69, 9.17) is 34.3 Å². The van der Waals surface area contributed by atoms with Gasteiger partial charge in [0.1, 0.15) is 11.2 Å². The third-order valence-corrected chi connectivity index (χ3v) is 19.7.